The zero-order chi connectivity index (χ0) is 15.5. The van der Waals surface area contributed by atoms with Crippen molar-refractivity contribution in [2.75, 3.05) is 12.3 Å². The Labute approximate surface area is 119 Å². The molecule has 0 amide bonds. The molecular formula is C11H13F2N5O2S. The lowest BCUT2D eigenvalue weighted by molar-refractivity contribution is 0.547. The molecule has 10 heteroatoms. The Bertz CT molecular complexity index is 718. The minimum absolute atomic E-state index is 0.0692. The number of aryl methyl sites for hydroxylation is 1. The monoisotopic (exact) mass is 317 g/mol. The van der Waals surface area contributed by atoms with Gasteiger partial charge in [0.25, 0.3) is 0 Å². The number of anilines is 1. The van der Waals surface area contributed by atoms with E-state index in [1.165, 1.54) is 6.33 Å². The predicted molar refractivity (Wildman–Crippen MR) is 70.7 cm³/mol. The number of nitrogens with two attached hydrogens (primary N) is 1. The maximum Gasteiger partial charge on any atom is 0.243 e. The fourth-order valence-corrected chi connectivity index (χ4v) is 2.81. The summed E-state index contributed by atoms with van der Waals surface area (Å²) in [6.07, 6.45) is 2.26. The fourth-order valence-electron chi connectivity index (χ4n) is 1.65. The number of hydrogen-bond acceptors (Lipinski definition) is 5. The summed E-state index contributed by atoms with van der Waals surface area (Å²) in [6.45, 7) is 0.0692. The van der Waals surface area contributed by atoms with Gasteiger partial charge in [0.15, 0.2) is 5.82 Å². The van der Waals surface area contributed by atoms with Gasteiger partial charge >= 0.3 is 0 Å². The molecule has 0 spiro atoms. The van der Waals surface area contributed by atoms with Crippen LogP contribution in [0.15, 0.2) is 23.4 Å². The molecule has 0 fully saturated rings. The maximum absolute atomic E-state index is 13.7. The van der Waals surface area contributed by atoms with Crippen LogP contribution in [0.5, 0.6) is 0 Å². The summed E-state index contributed by atoms with van der Waals surface area (Å²) in [5, 5.41) is 6.29. The Kier molecular flexibility index (Phi) is 4.48. The zero-order valence-corrected chi connectivity index (χ0v) is 11.6. The summed E-state index contributed by atoms with van der Waals surface area (Å²) >= 11 is 0. The van der Waals surface area contributed by atoms with E-state index in [1.807, 2.05) is 0 Å². The second kappa shape index (κ2) is 6.14. The number of halogens is 2. The van der Waals surface area contributed by atoms with Gasteiger partial charge in [-0.15, -0.1) is 0 Å². The van der Waals surface area contributed by atoms with E-state index in [0.717, 1.165) is 12.1 Å². The third kappa shape index (κ3) is 3.52. The summed E-state index contributed by atoms with van der Waals surface area (Å²) in [7, 11) is -4.09. The van der Waals surface area contributed by atoms with Crippen molar-refractivity contribution in [3.8, 4) is 0 Å². The molecule has 1 aromatic carbocycles. The largest absolute Gasteiger partial charge is 0.394 e. The van der Waals surface area contributed by atoms with Gasteiger partial charge in [-0.1, -0.05) is 0 Å². The van der Waals surface area contributed by atoms with Crippen molar-refractivity contribution in [2.45, 2.75) is 17.7 Å². The van der Waals surface area contributed by atoms with Gasteiger partial charge in [-0.25, -0.2) is 26.9 Å². The van der Waals surface area contributed by atoms with E-state index in [1.54, 1.807) is 0 Å². The van der Waals surface area contributed by atoms with Crippen LogP contribution in [0, 0.1) is 11.6 Å². The molecule has 0 aliphatic heterocycles. The summed E-state index contributed by atoms with van der Waals surface area (Å²) in [6, 6.07) is 1.64. The number of hydrogen-bond donors (Lipinski definition) is 3. The normalized spacial score (nSPS) is 11.7. The number of sulfonamides is 1. The van der Waals surface area contributed by atoms with E-state index in [2.05, 4.69) is 19.9 Å². The van der Waals surface area contributed by atoms with Gasteiger partial charge in [-0.2, -0.15) is 5.10 Å². The molecule has 0 unspecified atom stereocenters. The van der Waals surface area contributed by atoms with E-state index in [0.29, 0.717) is 18.7 Å². The number of aromatic nitrogens is 3. The summed E-state index contributed by atoms with van der Waals surface area (Å²) in [5.41, 5.74) is 4.32. The highest BCUT2D eigenvalue weighted by molar-refractivity contribution is 7.89. The van der Waals surface area contributed by atoms with Crippen molar-refractivity contribution < 1.29 is 17.2 Å². The molecule has 1 aromatic heterocycles. The Hall–Kier alpha value is -2.07. The van der Waals surface area contributed by atoms with Crippen LogP contribution in [-0.2, 0) is 16.4 Å². The molecule has 7 nitrogen and oxygen atoms in total. The van der Waals surface area contributed by atoms with Crippen molar-refractivity contribution in [1.82, 2.24) is 19.9 Å². The first-order valence-electron chi connectivity index (χ1n) is 5.99. The van der Waals surface area contributed by atoms with E-state index in [-0.39, 0.29) is 6.54 Å². The quantitative estimate of drug-likeness (QED) is 0.532. The van der Waals surface area contributed by atoms with Crippen LogP contribution in [0.2, 0.25) is 0 Å². The number of benzene rings is 1. The van der Waals surface area contributed by atoms with Crippen LogP contribution >= 0.6 is 0 Å². The lowest BCUT2D eigenvalue weighted by Crippen LogP contribution is -2.26. The van der Waals surface area contributed by atoms with Crippen molar-refractivity contribution in [1.29, 1.82) is 0 Å². The molecule has 2 aromatic rings. The molecule has 21 heavy (non-hydrogen) atoms. The molecule has 0 bridgehead atoms. The summed E-state index contributed by atoms with van der Waals surface area (Å²) in [5.74, 6) is -1.68. The number of nitrogens with one attached hydrogen (secondary N) is 2. The standard InChI is InChI=1S/C11H13F2N5O2S/c12-7-3-4-8(10(13)11(7)14)21(19,20)17-5-1-2-9-15-6-16-18-9/h3-4,6,17H,1-2,5,14H2,(H,15,16,18). The topological polar surface area (TPSA) is 114 Å². The summed E-state index contributed by atoms with van der Waals surface area (Å²) in [4.78, 5) is 3.20. The van der Waals surface area contributed by atoms with E-state index < -0.39 is 32.2 Å². The molecule has 4 N–H and O–H groups in total. The number of H-pyrrole nitrogens is 1. The first-order valence-corrected chi connectivity index (χ1v) is 7.47. The Morgan fingerprint density at radius 3 is 2.76 bits per heavy atom. The molecule has 0 saturated heterocycles. The van der Waals surface area contributed by atoms with Crippen LogP contribution in [0.4, 0.5) is 14.5 Å². The van der Waals surface area contributed by atoms with Gasteiger partial charge < -0.3 is 5.73 Å². The van der Waals surface area contributed by atoms with Gasteiger partial charge in [0.1, 0.15) is 28.6 Å². The highest BCUT2D eigenvalue weighted by Crippen LogP contribution is 2.22. The first kappa shape index (κ1) is 15.3. The van der Waals surface area contributed by atoms with Crippen molar-refractivity contribution in [3.05, 3.63) is 35.9 Å². The van der Waals surface area contributed by atoms with Gasteiger partial charge in [0, 0.05) is 13.0 Å². The van der Waals surface area contributed by atoms with Crippen LogP contribution in [-0.4, -0.2) is 30.1 Å². The number of nitrogens with zero attached hydrogens (tertiary/aromatic N) is 2. The third-order valence-electron chi connectivity index (χ3n) is 2.73. The maximum atomic E-state index is 13.7. The van der Waals surface area contributed by atoms with Crippen LogP contribution in [0.25, 0.3) is 0 Å². The SMILES string of the molecule is Nc1c(F)ccc(S(=O)(=O)NCCCc2ncn[nH]2)c1F. The second-order valence-corrected chi connectivity index (χ2v) is 5.94. The third-order valence-corrected chi connectivity index (χ3v) is 4.21. The summed E-state index contributed by atoms with van der Waals surface area (Å²) < 4.78 is 52.7. The van der Waals surface area contributed by atoms with Crippen LogP contribution in [0.1, 0.15) is 12.2 Å². The molecule has 0 aliphatic carbocycles. The first-order chi connectivity index (χ1) is 9.92. The van der Waals surface area contributed by atoms with Gasteiger partial charge in [0.05, 0.1) is 0 Å². The molecule has 0 atom stereocenters. The number of rotatable bonds is 6. The minimum atomic E-state index is -4.09. The minimum Gasteiger partial charge on any atom is -0.394 e. The van der Waals surface area contributed by atoms with Gasteiger partial charge in [0.2, 0.25) is 10.0 Å². The molecule has 0 radical (unpaired) electrons. The van der Waals surface area contributed by atoms with Crippen molar-refractivity contribution >= 4 is 15.7 Å². The van der Waals surface area contributed by atoms with E-state index in [9.17, 15) is 17.2 Å². The van der Waals surface area contributed by atoms with Crippen LogP contribution < -0.4 is 10.5 Å². The van der Waals surface area contributed by atoms with Gasteiger partial charge in [-0.05, 0) is 18.6 Å². The molecule has 0 aliphatic rings. The lowest BCUT2D eigenvalue weighted by atomic mass is 10.3. The molecular weight excluding hydrogens is 304 g/mol. The Morgan fingerprint density at radius 1 is 1.33 bits per heavy atom. The van der Waals surface area contributed by atoms with Gasteiger partial charge in [-0.3, -0.25) is 5.10 Å². The molecule has 114 valence electrons. The predicted octanol–water partition coefficient (Wildman–Crippen LogP) is 0.576. The highest BCUT2D eigenvalue weighted by atomic mass is 32.2. The Balaban J connectivity index is 2.00. The molecule has 0 saturated carbocycles. The zero-order valence-electron chi connectivity index (χ0n) is 10.8. The lowest BCUT2D eigenvalue weighted by Gasteiger charge is -2.09. The number of nitrogen functional groups attached to an aromatic ring is 1. The fraction of sp³-hybridized carbons (Fsp3) is 0.273. The highest BCUT2D eigenvalue weighted by Gasteiger charge is 2.22. The van der Waals surface area contributed by atoms with Crippen molar-refractivity contribution in [2.24, 2.45) is 0 Å². The average Bonchev–Trinajstić information content (AvgIpc) is 2.94. The van der Waals surface area contributed by atoms with E-state index >= 15 is 0 Å². The Morgan fingerprint density at radius 2 is 2.10 bits per heavy atom. The number of aromatic amines is 1. The van der Waals surface area contributed by atoms with Crippen molar-refractivity contribution in [3.63, 3.8) is 0 Å². The molecule has 2 rings (SSSR count). The van der Waals surface area contributed by atoms with Crippen LogP contribution in [0.3, 0.4) is 0 Å². The average molecular weight is 317 g/mol. The molecule has 1 heterocycles. The second-order valence-electron chi connectivity index (χ2n) is 4.21. The van der Waals surface area contributed by atoms with E-state index in [4.69, 9.17) is 5.73 Å². The smallest absolute Gasteiger partial charge is 0.243 e.